The number of fused-ring (bicyclic) bond motifs is 13. The molecule has 38 heavy (non-hydrogen) atoms. The molecule has 1 aromatic heterocycles. The average molecular weight is 482 g/mol. The smallest absolute Gasteiger partial charge is 0.0725 e. The summed E-state index contributed by atoms with van der Waals surface area (Å²) in [6.45, 7) is 0. The Kier molecular flexibility index (Phi) is 3.78. The minimum absolute atomic E-state index is 0.293. The van der Waals surface area contributed by atoms with E-state index >= 15 is 0 Å². The first-order valence-corrected chi connectivity index (χ1v) is 13.3. The summed E-state index contributed by atoms with van der Waals surface area (Å²) >= 11 is 0. The van der Waals surface area contributed by atoms with Gasteiger partial charge in [0, 0.05) is 16.5 Å². The lowest BCUT2D eigenvalue weighted by atomic mass is 9.70. The quantitative estimate of drug-likeness (QED) is 0.220. The van der Waals surface area contributed by atoms with Crippen molar-refractivity contribution >= 4 is 21.8 Å². The zero-order valence-electron chi connectivity index (χ0n) is 20.7. The fraction of sp³-hybridized carbons (Fsp3) is 0.0270. The molecule has 0 radical (unpaired) electrons. The first-order chi connectivity index (χ1) is 18.9. The van der Waals surface area contributed by atoms with Gasteiger partial charge in [0.2, 0.25) is 0 Å². The van der Waals surface area contributed by atoms with Crippen LogP contribution in [0.2, 0.25) is 0 Å². The first kappa shape index (κ1) is 20.2. The van der Waals surface area contributed by atoms with Crippen LogP contribution < -0.4 is 0 Å². The van der Waals surface area contributed by atoms with Gasteiger partial charge in [0.15, 0.2) is 0 Å². The molecule has 0 fully saturated rings. The van der Waals surface area contributed by atoms with Gasteiger partial charge in [-0.3, -0.25) is 0 Å². The second-order valence-corrected chi connectivity index (χ2v) is 10.5. The van der Waals surface area contributed by atoms with Crippen molar-refractivity contribution < 1.29 is 0 Å². The molecular weight excluding hydrogens is 458 g/mol. The number of rotatable bonds is 1. The van der Waals surface area contributed by atoms with E-state index in [1.807, 2.05) is 0 Å². The molecule has 1 spiro atoms. The molecule has 0 amide bonds. The summed E-state index contributed by atoms with van der Waals surface area (Å²) in [5, 5.41) is 2.58. The topological polar surface area (TPSA) is 4.93 Å². The van der Waals surface area contributed by atoms with Crippen LogP contribution in [0.3, 0.4) is 0 Å². The van der Waals surface area contributed by atoms with E-state index in [2.05, 4.69) is 144 Å². The fourth-order valence-electron chi connectivity index (χ4n) is 7.43. The van der Waals surface area contributed by atoms with E-state index in [4.69, 9.17) is 0 Å². The lowest BCUT2D eigenvalue weighted by Crippen LogP contribution is -2.25. The van der Waals surface area contributed by atoms with Crippen molar-refractivity contribution in [2.45, 2.75) is 5.41 Å². The molecule has 0 N–H and O–H groups in total. The van der Waals surface area contributed by atoms with Gasteiger partial charge < -0.3 is 4.57 Å². The van der Waals surface area contributed by atoms with E-state index in [9.17, 15) is 0 Å². The minimum atomic E-state index is -0.293. The highest BCUT2D eigenvalue weighted by molar-refractivity contribution is 6.09. The van der Waals surface area contributed by atoms with Gasteiger partial charge in [-0.1, -0.05) is 115 Å². The van der Waals surface area contributed by atoms with Crippen LogP contribution in [0.4, 0.5) is 0 Å². The standard InChI is InChI=1S/C37H23N/c1-6-16-31-25(11-1)26-12-2-7-17-32(26)37(31)33-18-8-3-13-27(33)30-23-24(21-22-34(30)37)38-35-19-9-4-14-28(35)29-15-5-10-20-36(29)38/h1-23H. The van der Waals surface area contributed by atoms with Gasteiger partial charge >= 0.3 is 0 Å². The summed E-state index contributed by atoms with van der Waals surface area (Å²) in [6.07, 6.45) is 0. The zero-order valence-corrected chi connectivity index (χ0v) is 20.7. The maximum absolute atomic E-state index is 2.43. The highest BCUT2D eigenvalue weighted by atomic mass is 15.0. The predicted octanol–water partition coefficient (Wildman–Crippen LogP) is 9.13. The van der Waals surface area contributed by atoms with Gasteiger partial charge in [0.05, 0.1) is 16.4 Å². The van der Waals surface area contributed by atoms with E-state index in [0.717, 1.165) is 0 Å². The monoisotopic (exact) mass is 481 g/mol. The molecule has 0 bridgehead atoms. The Morgan fingerprint density at radius 3 is 1.34 bits per heavy atom. The van der Waals surface area contributed by atoms with Gasteiger partial charge in [0.1, 0.15) is 0 Å². The molecule has 1 heterocycles. The number of hydrogen-bond donors (Lipinski definition) is 0. The Hall–Kier alpha value is -4.88. The molecule has 1 nitrogen and oxygen atoms in total. The molecule has 2 aliphatic carbocycles. The molecule has 176 valence electrons. The van der Waals surface area contributed by atoms with Crippen LogP contribution in [-0.4, -0.2) is 4.57 Å². The summed E-state index contributed by atoms with van der Waals surface area (Å²) in [5.74, 6) is 0. The maximum Gasteiger partial charge on any atom is 0.0725 e. The van der Waals surface area contributed by atoms with Crippen molar-refractivity contribution in [1.29, 1.82) is 0 Å². The SMILES string of the molecule is c1ccc2c(c1)-c1ccccc1C21c2ccccc2-c2cc(-n3c4ccccc4c4ccccc43)ccc21. The summed E-state index contributed by atoms with van der Waals surface area (Å²) in [4.78, 5) is 0. The number of para-hydroxylation sites is 2. The van der Waals surface area contributed by atoms with Crippen molar-refractivity contribution in [2.75, 3.05) is 0 Å². The van der Waals surface area contributed by atoms with Crippen molar-refractivity contribution in [1.82, 2.24) is 4.57 Å². The Labute approximate surface area is 221 Å². The molecular formula is C37H23N. The van der Waals surface area contributed by atoms with Gasteiger partial charge in [0.25, 0.3) is 0 Å². The predicted molar refractivity (Wildman–Crippen MR) is 157 cm³/mol. The van der Waals surface area contributed by atoms with E-state index < -0.39 is 0 Å². The minimum Gasteiger partial charge on any atom is -0.309 e. The molecule has 0 saturated carbocycles. The van der Waals surface area contributed by atoms with Crippen LogP contribution >= 0.6 is 0 Å². The summed E-state index contributed by atoms with van der Waals surface area (Å²) in [6, 6.07) is 51.6. The van der Waals surface area contributed by atoms with Crippen LogP contribution in [0.1, 0.15) is 22.3 Å². The van der Waals surface area contributed by atoms with Crippen LogP contribution in [0.15, 0.2) is 140 Å². The first-order valence-electron chi connectivity index (χ1n) is 13.3. The van der Waals surface area contributed by atoms with Crippen LogP contribution in [-0.2, 0) is 5.41 Å². The Bertz CT molecular complexity index is 1990. The van der Waals surface area contributed by atoms with Gasteiger partial charge in [-0.25, -0.2) is 0 Å². The lowest BCUT2D eigenvalue weighted by Gasteiger charge is -2.30. The van der Waals surface area contributed by atoms with Crippen molar-refractivity contribution in [3.63, 3.8) is 0 Å². The molecule has 9 rings (SSSR count). The third-order valence-corrected chi connectivity index (χ3v) is 8.82. The molecule has 1 heteroatoms. The number of aromatic nitrogens is 1. The van der Waals surface area contributed by atoms with Gasteiger partial charge in [-0.15, -0.1) is 0 Å². The Balaban J connectivity index is 1.40. The second kappa shape index (κ2) is 7.12. The third-order valence-electron chi connectivity index (χ3n) is 8.82. The number of nitrogens with zero attached hydrogens (tertiary/aromatic N) is 1. The van der Waals surface area contributed by atoms with E-state index in [1.54, 1.807) is 0 Å². The maximum atomic E-state index is 2.43. The second-order valence-electron chi connectivity index (χ2n) is 10.5. The van der Waals surface area contributed by atoms with Crippen LogP contribution in [0.25, 0.3) is 49.7 Å². The van der Waals surface area contributed by atoms with Crippen LogP contribution in [0.5, 0.6) is 0 Å². The van der Waals surface area contributed by atoms with Gasteiger partial charge in [-0.2, -0.15) is 0 Å². The van der Waals surface area contributed by atoms with Crippen molar-refractivity contribution in [3.05, 3.63) is 162 Å². The summed E-state index contributed by atoms with van der Waals surface area (Å²) < 4.78 is 2.43. The molecule has 0 saturated heterocycles. The lowest BCUT2D eigenvalue weighted by molar-refractivity contribution is 0.793. The molecule has 7 aromatic rings. The molecule has 0 aliphatic heterocycles. The summed E-state index contributed by atoms with van der Waals surface area (Å²) in [5.41, 5.74) is 14.3. The highest BCUT2D eigenvalue weighted by Gasteiger charge is 2.51. The van der Waals surface area contributed by atoms with Crippen molar-refractivity contribution in [3.8, 4) is 27.9 Å². The third kappa shape index (κ3) is 2.29. The van der Waals surface area contributed by atoms with Crippen molar-refractivity contribution in [2.24, 2.45) is 0 Å². The number of hydrogen-bond acceptors (Lipinski definition) is 0. The van der Waals surface area contributed by atoms with Gasteiger partial charge in [-0.05, 0) is 68.8 Å². The van der Waals surface area contributed by atoms with E-state index in [1.165, 1.54) is 72.0 Å². The zero-order chi connectivity index (χ0) is 24.8. The molecule has 2 aliphatic rings. The summed E-state index contributed by atoms with van der Waals surface area (Å²) in [7, 11) is 0. The Morgan fingerprint density at radius 2 is 0.789 bits per heavy atom. The molecule has 0 unspecified atom stereocenters. The van der Waals surface area contributed by atoms with E-state index in [0.29, 0.717) is 0 Å². The number of benzene rings is 6. The molecule has 0 atom stereocenters. The fourth-order valence-corrected chi connectivity index (χ4v) is 7.43. The molecule has 6 aromatic carbocycles. The highest BCUT2D eigenvalue weighted by Crippen LogP contribution is 2.62. The average Bonchev–Trinajstić information content (AvgIpc) is 3.59. The largest absolute Gasteiger partial charge is 0.309 e. The normalized spacial score (nSPS) is 14.0. The Morgan fingerprint density at radius 1 is 0.368 bits per heavy atom. The van der Waals surface area contributed by atoms with Crippen LogP contribution in [0, 0.1) is 0 Å². The van der Waals surface area contributed by atoms with E-state index in [-0.39, 0.29) is 5.41 Å².